The zero-order valence-electron chi connectivity index (χ0n) is 21.7. The molecule has 3 fully saturated rings. The normalized spacial score (nSPS) is 30.2. The number of rotatable bonds is 8. The second-order valence-electron chi connectivity index (χ2n) is 11.8. The number of esters is 1. The average Bonchev–Trinajstić information content (AvgIpc) is 3.44. The lowest BCUT2D eigenvalue weighted by molar-refractivity contribution is -0.165. The third-order valence-electron chi connectivity index (χ3n) is 9.55. The minimum absolute atomic E-state index is 0.0379. The highest BCUT2D eigenvalue weighted by atomic mass is 16.5. The number of Topliss-reactive ketones (excluding diaryl/α,β-unsaturated/α-hetero) is 1. The first-order valence-corrected chi connectivity index (χ1v) is 13.1. The molecule has 2 aliphatic carbocycles. The highest BCUT2D eigenvalue weighted by Gasteiger charge is 2.63. The van der Waals surface area contributed by atoms with Crippen LogP contribution in [0, 0.1) is 22.7 Å². The van der Waals surface area contributed by atoms with E-state index >= 15 is 0 Å². The number of carbonyl (C=O) groups excluding carboxylic acids is 3. The van der Waals surface area contributed by atoms with Crippen LogP contribution in [0.15, 0.2) is 18.2 Å². The van der Waals surface area contributed by atoms with Crippen LogP contribution in [-0.4, -0.2) is 62.7 Å². The summed E-state index contributed by atoms with van der Waals surface area (Å²) < 4.78 is 6.05. The third-order valence-corrected chi connectivity index (χ3v) is 9.55. The second kappa shape index (κ2) is 9.69. The molecule has 8 heteroatoms. The number of nitrogens with zero attached hydrogens (tertiary/aromatic N) is 1. The molecule has 4 rings (SSSR count). The summed E-state index contributed by atoms with van der Waals surface area (Å²) in [5.74, 6) is -1.87. The van der Waals surface area contributed by atoms with Gasteiger partial charge < -0.3 is 25.0 Å². The zero-order chi connectivity index (χ0) is 26.4. The van der Waals surface area contributed by atoms with E-state index in [0.717, 1.165) is 19.3 Å². The van der Waals surface area contributed by atoms with Crippen molar-refractivity contribution in [3.63, 3.8) is 0 Å². The number of likely N-dealkylation sites (tertiary alicyclic amines) is 1. The zero-order valence-corrected chi connectivity index (χ0v) is 21.7. The van der Waals surface area contributed by atoms with Crippen LogP contribution < -0.4 is 0 Å². The standard InChI is InChI=1S/C28H39NO7/c1-16(12-21(31)23(33)14-17-7-8-20(30)22(32)13-17)25(34)29-11-5-6-19(29)26(35)36-24-15-18-9-10-28(24,4)27(18,2)3/h7-8,13,16,18-19,23-24,30,32-33H,5-6,9-12,14-15H2,1-4H3/t16-,18?,19+,23+,24?,28?/m1/s1. The number of phenolic OH excluding ortho intramolecular Hbond substituents is 2. The van der Waals surface area contributed by atoms with Gasteiger partial charge in [-0.2, -0.15) is 0 Å². The topological polar surface area (TPSA) is 124 Å². The number of aliphatic hydroxyl groups is 1. The molecule has 1 amide bonds. The quantitative estimate of drug-likeness (QED) is 0.369. The molecule has 36 heavy (non-hydrogen) atoms. The van der Waals surface area contributed by atoms with Crippen molar-refractivity contribution < 1.29 is 34.4 Å². The van der Waals surface area contributed by atoms with Crippen LogP contribution >= 0.6 is 0 Å². The minimum atomic E-state index is -1.34. The predicted octanol–water partition coefficient (Wildman–Crippen LogP) is 3.35. The van der Waals surface area contributed by atoms with Gasteiger partial charge in [-0.3, -0.25) is 9.59 Å². The lowest BCUT2D eigenvalue weighted by Crippen LogP contribution is -2.47. The number of amides is 1. The number of benzene rings is 1. The fourth-order valence-electron chi connectivity index (χ4n) is 6.64. The number of phenols is 2. The fraction of sp³-hybridized carbons (Fsp3) is 0.679. The monoisotopic (exact) mass is 501 g/mol. The van der Waals surface area contributed by atoms with E-state index in [1.165, 1.54) is 18.2 Å². The predicted molar refractivity (Wildman–Crippen MR) is 132 cm³/mol. The molecular formula is C28H39NO7. The van der Waals surface area contributed by atoms with E-state index in [4.69, 9.17) is 4.74 Å². The number of aliphatic hydroxyl groups excluding tert-OH is 1. The molecule has 3 aliphatic rings. The molecule has 2 bridgehead atoms. The van der Waals surface area contributed by atoms with Gasteiger partial charge in [0, 0.05) is 30.7 Å². The van der Waals surface area contributed by atoms with Crippen LogP contribution in [0.1, 0.15) is 71.8 Å². The number of ether oxygens (including phenoxy) is 1. The van der Waals surface area contributed by atoms with Crippen LogP contribution in [0.25, 0.3) is 0 Å². The summed E-state index contributed by atoms with van der Waals surface area (Å²) in [7, 11) is 0. The van der Waals surface area contributed by atoms with E-state index in [2.05, 4.69) is 20.8 Å². The van der Waals surface area contributed by atoms with E-state index in [1.54, 1.807) is 11.8 Å². The summed E-state index contributed by atoms with van der Waals surface area (Å²) in [6, 6.07) is 3.46. The Kier molecular flexibility index (Phi) is 7.12. The van der Waals surface area contributed by atoms with Gasteiger partial charge in [0.25, 0.3) is 0 Å². The van der Waals surface area contributed by atoms with E-state index in [9.17, 15) is 29.7 Å². The molecule has 1 heterocycles. The van der Waals surface area contributed by atoms with E-state index in [-0.39, 0.29) is 53.2 Å². The smallest absolute Gasteiger partial charge is 0.329 e. The minimum Gasteiger partial charge on any atom is -0.504 e. The summed E-state index contributed by atoms with van der Waals surface area (Å²) in [6.07, 6.45) is 2.66. The van der Waals surface area contributed by atoms with Crippen LogP contribution in [0.2, 0.25) is 0 Å². The van der Waals surface area contributed by atoms with Crippen molar-refractivity contribution >= 4 is 17.7 Å². The molecule has 0 spiro atoms. The van der Waals surface area contributed by atoms with Crippen molar-refractivity contribution in [2.75, 3.05) is 6.54 Å². The first kappa shape index (κ1) is 26.5. The summed E-state index contributed by atoms with van der Waals surface area (Å²) in [5.41, 5.74) is 0.563. The van der Waals surface area contributed by atoms with Crippen molar-refractivity contribution in [2.24, 2.45) is 22.7 Å². The van der Waals surface area contributed by atoms with Crippen LogP contribution in [0.3, 0.4) is 0 Å². The first-order chi connectivity index (χ1) is 16.8. The molecule has 0 radical (unpaired) electrons. The largest absolute Gasteiger partial charge is 0.504 e. The molecule has 6 atom stereocenters. The maximum absolute atomic E-state index is 13.2. The highest BCUT2D eigenvalue weighted by molar-refractivity contribution is 5.91. The lowest BCUT2D eigenvalue weighted by atomic mass is 9.70. The number of aromatic hydroxyl groups is 2. The maximum atomic E-state index is 13.2. The highest BCUT2D eigenvalue weighted by Crippen LogP contribution is 2.66. The Hall–Kier alpha value is -2.61. The van der Waals surface area contributed by atoms with Gasteiger partial charge in [-0.05, 0) is 61.1 Å². The second-order valence-corrected chi connectivity index (χ2v) is 11.8. The maximum Gasteiger partial charge on any atom is 0.329 e. The summed E-state index contributed by atoms with van der Waals surface area (Å²) in [5, 5.41) is 29.4. The molecule has 1 aliphatic heterocycles. The Morgan fingerprint density at radius 3 is 2.47 bits per heavy atom. The van der Waals surface area contributed by atoms with Gasteiger partial charge in [-0.25, -0.2) is 4.79 Å². The Morgan fingerprint density at radius 1 is 1.14 bits per heavy atom. The van der Waals surface area contributed by atoms with Crippen molar-refractivity contribution in [1.29, 1.82) is 0 Å². The van der Waals surface area contributed by atoms with Gasteiger partial charge in [0.15, 0.2) is 17.3 Å². The molecule has 1 aromatic carbocycles. The lowest BCUT2D eigenvalue weighted by Gasteiger charge is -2.39. The Labute approximate surface area is 212 Å². The number of hydrogen-bond acceptors (Lipinski definition) is 7. The van der Waals surface area contributed by atoms with E-state index in [0.29, 0.717) is 30.9 Å². The number of fused-ring (bicyclic) bond motifs is 2. The summed E-state index contributed by atoms with van der Waals surface area (Å²) in [4.78, 5) is 40.6. The fourth-order valence-corrected chi connectivity index (χ4v) is 6.64. The third kappa shape index (κ3) is 4.60. The molecule has 3 unspecified atom stereocenters. The Balaban J connectivity index is 1.33. The van der Waals surface area contributed by atoms with Gasteiger partial charge in [0.1, 0.15) is 18.2 Å². The number of hydrogen-bond donors (Lipinski definition) is 3. The van der Waals surface area contributed by atoms with Gasteiger partial charge in [0.05, 0.1) is 0 Å². The van der Waals surface area contributed by atoms with E-state index in [1.807, 2.05) is 0 Å². The molecule has 198 valence electrons. The molecule has 1 saturated heterocycles. The van der Waals surface area contributed by atoms with Crippen molar-refractivity contribution in [3.8, 4) is 11.5 Å². The number of carbonyl (C=O) groups is 3. The first-order valence-electron chi connectivity index (χ1n) is 13.1. The SMILES string of the molecule is C[C@H](CC(=O)[C@@H](O)Cc1ccc(O)c(O)c1)C(=O)N1CCC[C@H]1C(=O)OC1CC2CCC1(C)C2(C)C. The van der Waals surface area contributed by atoms with Gasteiger partial charge >= 0.3 is 5.97 Å². The van der Waals surface area contributed by atoms with Crippen LogP contribution in [0.4, 0.5) is 0 Å². The summed E-state index contributed by atoms with van der Waals surface area (Å²) >= 11 is 0. The molecule has 2 saturated carbocycles. The van der Waals surface area contributed by atoms with Crippen molar-refractivity contribution in [2.45, 2.75) is 90.9 Å². The van der Waals surface area contributed by atoms with Gasteiger partial charge in [-0.1, -0.05) is 33.8 Å². The van der Waals surface area contributed by atoms with Crippen molar-refractivity contribution in [1.82, 2.24) is 4.90 Å². The van der Waals surface area contributed by atoms with Crippen LogP contribution in [-0.2, 0) is 25.5 Å². The molecule has 8 nitrogen and oxygen atoms in total. The van der Waals surface area contributed by atoms with Crippen LogP contribution in [0.5, 0.6) is 11.5 Å². The molecule has 0 aromatic heterocycles. The number of ketones is 1. The Bertz CT molecular complexity index is 1040. The molecule has 1 aromatic rings. The van der Waals surface area contributed by atoms with Crippen molar-refractivity contribution in [3.05, 3.63) is 23.8 Å². The average molecular weight is 502 g/mol. The molecule has 3 N–H and O–H groups in total. The summed E-state index contributed by atoms with van der Waals surface area (Å²) in [6.45, 7) is 8.83. The van der Waals surface area contributed by atoms with Gasteiger partial charge in [0.2, 0.25) is 5.91 Å². The van der Waals surface area contributed by atoms with E-state index < -0.39 is 23.8 Å². The Morgan fingerprint density at radius 2 is 1.86 bits per heavy atom. The van der Waals surface area contributed by atoms with Gasteiger partial charge in [-0.15, -0.1) is 0 Å². The molecular weight excluding hydrogens is 462 g/mol.